The fourth-order valence-electron chi connectivity index (χ4n) is 4.64. The molecule has 14 heteroatoms. The number of ether oxygens (including phenoxy) is 4. The number of unbranched alkanes of at least 4 members (excludes halogenated alkanes) is 1. The third kappa shape index (κ3) is 20.1. The predicted octanol–water partition coefficient (Wildman–Crippen LogP) is 2.57. The van der Waals surface area contributed by atoms with E-state index in [-0.39, 0.29) is 58.1 Å². The smallest absolute Gasteiger partial charge is 0.407 e. The maximum Gasteiger partial charge on any atom is 0.407 e. The third-order valence-corrected chi connectivity index (χ3v) is 7.31. The first-order valence-corrected chi connectivity index (χ1v) is 16.9. The summed E-state index contributed by atoms with van der Waals surface area (Å²) in [5.41, 5.74) is 5.46. The topological polar surface area (TPSA) is 180 Å². The highest BCUT2D eigenvalue weighted by molar-refractivity contribution is 5.86. The standard InChI is InChI=1S/C36H52N4O10/c1-46-22-9-23-49-36(45)39-31(14-8-20-37-33(42)27-48-25-24-47-2)35(44)38-21-19-34(43)50-40-32(41)26-30-17-15-29(16-18-30)13-7-6-12-28-10-4-3-5-11-28/h3-5,10-11,15-18,31H,6-9,12-14,19-27H2,1-2H3,(H,37,42)(H,38,44)(H,39,45)(H,40,41)/t31-/m0/s1. The van der Waals surface area contributed by atoms with Crippen molar-refractivity contribution >= 4 is 29.8 Å². The molecule has 0 unspecified atom stereocenters. The molecule has 1 atom stereocenters. The Bertz CT molecular complexity index is 1280. The number of nitrogens with one attached hydrogen (secondary N) is 4. The summed E-state index contributed by atoms with van der Waals surface area (Å²) in [7, 11) is 3.06. The molecule has 276 valence electrons. The highest BCUT2D eigenvalue weighted by atomic mass is 16.7. The molecular formula is C36H52N4O10. The van der Waals surface area contributed by atoms with Crippen LogP contribution in [0.1, 0.15) is 55.2 Å². The number of methoxy groups -OCH3 is 2. The first-order chi connectivity index (χ1) is 24.3. The minimum atomic E-state index is -0.990. The van der Waals surface area contributed by atoms with Gasteiger partial charge in [0, 0.05) is 40.3 Å². The van der Waals surface area contributed by atoms with Crippen molar-refractivity contribution in [2.45, 2.75) is 63.8 Å². The molecule has 0 aliphatic heterocycles. The molecule has 0 saturated carbocycles. The molecule has 0 radical (unpaired) electrons. The fourth-order valence-corrected chi connectivity index (χ4v) is 4.64. The van der Waals surface area contributed by atoms with Crippen molar-refractivity contribution in [3.05, 3.63) is 71.3 Å². The van der Waals surface area contributed by atoms with Gasteiger partial charge in [0.05, 0.1) is 32.7 Å². The number of hydrogen-bond acceptors (Lipinski definition) is 10. The van der Waals surface area contributed by atoms with Crippen LogP contribution in [-0.2, 0) is 62.2 Å². The maximum atomic E-state index is 12.9. The summed E-state index contributed by atoms with van der Waals surface area (Å²) < 4.78 is 20.0. The number of hydroxylamine groups is 1. The largest absolute Gasteiger partial charge is 0.449 e. The average Bonchev–Trinajstić information content (AvgIpc) is 3.12. The number of carbonyl (C=O) groups is 5. The molecule has 4 amide bonds. The molecule has 0 heterocycles. The summed E-state index contributed by atoms with van der Waals surface area (Å²) in [5.74, 6) is -2.11. The van der Waals surface area contributed by atoms with Gasteiger partial charge in [0.2, 0.25) is 11.8 Å². The number of amides is 4. The predicted molar refractivity (Wildman–Crippen MR) is 185 cm³/mol. The van der Waals surface area contributed by atoms with Crippen LogP contribution in [0.3, 0.4) is 0 Å². The Hall–Kier alpha value is -4.53. The van der Waals surface area contributed by atoms with E-state index in [0.717, 1.165) is 31.2 Å². The zero-order chi connectivity index (χ0) is 36.2. The number of alkyl carbamates (subject to hydrolysis) is 1. The van der Waals surface area contributed by atoms with Gasteiger partial charge in [-0.1, -0.05) is 54.6 Å². The summed E-state index contributed by atoms with van der Waals surface area (Å²) in [6, 6.07) is 17.2. The Morgan fingerprint density at radius 2 is 1.36 bits per heavy atom. The minimum Gasteiger partial charge on any atom is -0.449 e. The highest BCUT2D eigenvalue weighted by Gasteiger charge is 2.21. The second-order valence-corrected chi connectivity index (χ2v) is 11.4. The van der Waals surface area contributed by atoms with Crippen LogP contribution in [0.5, 0.6) is 0 Å². The fraction of sp³-hybridized carbons (Fsp3) is 0.528. The van der Waals surface area contributed by atoms with Gasteiger partial charge in [0.1, 0.15) is 12.6 Å². The van der Waals surface area contributed by atoms with E-state index in [9.17, 15) is 24.0 Å². The van der Waals surface area contributed by atoms with Crippen LogP contribution in [0.2, 0.25) is 0 Å². The van der Waals surface area contributed by atoms with Gasteiger partial charge in [0.15, 0.2) is 0 Å². The molecule has 0 aromatic heterocycles. The molecule has 0 spiro atoms. The summed E-state index contributed by atoms with van der Waals surface area (Å²) >= 11 is 0. The van der Waals surface area contributed by atoms with E-state index in [1.165, 1.54) is 25.3 Å². The molecular weight excluding hydrogens is 648 g/mol. The van der Waals surface area contributed by atoms with Gasteiger partial charge < -0.3 is 39.7 Å². The van der Waals surface area contributed by atoms with E-state index in [4.69, 9.17) is 23.8 Å². The zero-order valence-electron chi connectivity index (χ0n) is 29.2. The molecule has 2 aromatic rings. The van der Waals surface area contributed by atoms with E-state index >= 15 is 0 Å². The summed E-state index contributed by atoms with van der Waals surface area (Å²) in [6.45, 7) is 1.18. The molecule has 0 aliphatic carbocycles. The van der Waals surface area contributed by atoms with E-state index < -0.39 is 29.9 Å². The molecule has 2 aromatic carbocycles. The van der Waals surface area contributed by atoms with Gasteiger partial charge in [-0.25, -0.2) is 9.59 Å². The van der Waals surface area contributed by atoms with E-state index in [1.54, 1.807) is 0 Å². The quantitative estimate of drug-likeness (QED) is 0.0889. The Balaban J connectivity index is 1.68. The van der Waals surface area contributed by atoms with Gasteiger partial charge >= 0.3 is 12.1 Å². The monoisotopic (exact) mass is 700 g/mol. The van der Waals surface area contributed by atoms with Crippen molar-refractivity contribution < 1.29 is 47.8 Å². The van der Waals surface area contributed by atoms with Crippen LogP contribution in [0.25, 0.3) is 0 Å². The van der Waals surface area contributed by atoms with E-state index in [1.807, 2.05) is 30.3 Å². The molecule has 2 rings (SSSR count). The second-order valence-electron chi connectivity index (χ2n) is 11.4. The van der Waals surface area contributed by atoms with Gasteiger partial charge in [-0.15, -0.1) is 0 Å². The zero-order valence-corrected chi connectivity index (χ0v) is 29.2. The second kappa shape index (κ2) is 26.4. The molecule has 14 nitrogen and oxygen atoms in total. The van der Waals surface area contributed by atoms with Gasteiger partial charge in [0.25, 0.3) is 5.91 Å². The van der Waals surface area contributed by atoms with Crippen LogP contribution in [0.15, 0.2) is 54.6 Å². The third-order valence-electron chi connectivity index (χ3n) is 7.31. The van der Waals surface area contributed by atoms with Crippen molar-refractivity contribution in [1.82, 2.24) is 21.4 Å². The Morgan fingerprint density at radius 1 is 0.680 bits per heavy atom. The SMILES string of the molecule is COCCCOC(=O)N[C@@H](CCCNC(=O)COCCOC)C(=O)NCCC(=O)ONC(=O)Cc1ccc(CCCCc2ccccc2)cc1. The van der Waals surface area contributed by atoms with Crippen molar-refractivity contribution in [2.75, 3.05) is 60.3 Å². The lowest BCUT2D eigenvalue weighted by atomic mass is 10.0. The van der Waals surface area contributed by atoms with Crippen molar-refractivity contribution in [2.24, 2.45) is 0 Å². The molecule has 0 bridgehead atoms. The highest BCUT2D eigenvalue weighted by Crippen LogP contribution is 2.11. The lowest BCUT2D eigenvalue weighted by Gasteiger charge is -2.18. The van der Waals surface area contributed by atoms with E-state index in [0.29, 0.717) is 26.1 Å². The number of benzene rings is 2. The first kappa shape index (κ1) is 41.6. The Kier molecular flexibility index (Phi) is 21.9. The number of carbonyl (C=O) groups excluding carboxylic acids is 5. The van der Waals surface area contributed by atoms with Crippen LogP contribution in [0.4, 0.5) is 4.79 Å². The lowest BCUT2D eigenvalue weighted by Crippen LogP contribution is -2.47. The van der Waals surface area contributed by atoms with Crippen LogP contribution >= 0.6 is 0 Å². The molecule has 0 aliphatic rings. The van der Waals surface area contributed by atoms with Crippen LogP contribution in [0, 0.1) is 0 Å². The van der Waals surface area contributed by atoms with E-state index in [2.05, 4.69) is 45.7 Å². The molecule has 0 fully saturated rings. The van der Waals surface area contributed by atoms with Crippen molar-refractivity contribution in [1.29, 1.82) is 0 Å². The Morgan fingerprint density at radius 3 is 2.06 bits per heavy atom. The summed E-state index contributed by atoms with van der Waals surface area (Å²) in [6.07, 6.45) is 4.21. The van der Waals surface area contributed by atoms with Crippen LogP contribution in [-0.4, -0.2) is 96.2 Å². The Labute approximate surface area is 294 Å². The lowest BCUT2D eigenvalue weighted by molar-refractivity contribution is -0.158. The van der Waals surface area contributed by atoms with Crippen LogP contribution < -0.4 is 21.4 Å². The van der Waals surface area contributed by atoms with Crippen molar-refractivity contribution in [3.63, 3.8) is 0 Å². The normalized spacial score (nSPS) is 11.2. The number of aryl methyl sites for hydroxylation is 2. The molecule has 4 N–H and O–H groups in total. The molecule has 50 heavy (non-hydrogen) atoms. The van der Waals surface area contributed by atoms with Gasteiger partial charge in [-0.05, 0) is 55.2 Å². The van der Waals surface area contributed by atoms with Crippen molar-refractivity contribution in [3.8, 4) is 0 Å². The molecule has 0 saturated heterocycles. The number of hydrogen-bond donors (Lipinski definition) is 4. The van der Waals surface area contributed by atoms with Gasteiger partial charge in [-0.3, -0.25) is 14.4 Å². The number of rotatable bonds is 25. The average molecular weight is 701 g/mol. The summed E-state index contributed by atoms with van der Waals surface area (Å²) in [5, 5.41) is 7.78. The maximum absolute atomic E-state index is 12.9. The van der Waals surface area contributed by atoms with Gasteiger partial charge in [-0.2, -0.15) is 5.48 Å². The first-order valence-electron chi connectivity index (χ1n) is 16.9. The summed E-state index contributed by atoms with van der Waals surface area (Å²) in [4.78, 5) is 66.4. The minimum absolute atomic E-state index is 0.0362.